The lowest BCUT2D eigenvalue weighted by Gasteiger charge is -2.22. The van der Waals surface area contributed by atoms with E-state index in [4.69, 9.17) is 5.73 Å². The molecule has 0 radical (unpaired) electrons. The van der Waals surface area contributed by atoms with Crippen LogP contribution in [0.5, 0.6) is 0 Å². The second kappa shape index (κ2) is 6.95. The van der Waals surface area contributed by atoms with E-state index in [0.717, 1.165) is 12.1 Å². The van der Waals surface area contributed by atoms with Gasteiger partial charge in [-0.05, 0) is 26.0 Å². The number of para-hydroxylation sites is 1. The Morgan fingerprint density at radius 1 is 1.35 bits per heavy atom. The van der Waals surface area contributed by atoms with Gasteiger partial charge in [-0.2, -0.15) is 0 Å². The van der Waals surface area contributed by atoms with E-state index < -0.39 is 35.2 Å². The number of hydrogen-bond acceptors (Lipinski definition) is 3. The number of benzene rings is 1. The third-order valence-corrected chi connectivity index (χ3v) is 2.64. The Hall–Kier alpha value is -2.02. The van der Waals surface area contributed by atoms with Gasteiger partial charge in [-0.25, -0.2) is 8.78 Å². The lowest BCUT2D eigenvalue weighted by atomic mass is 10.2. The van der Waals surface area contributed by atoms with Crippen molar-refractivity contribution in [3.05, 3.63) is 29.8 Å². The number of carbonyl (C=O) groups is 2. The highest BCUT2D eigenvalue weighted by molar-refractivity contribution is 5.95. The van der Waals surface area contributed by atoms with Crippen molar-refractivity contribution in [1.29, 1.82) is 0 Å². The molecule has 1 aromatic rings. The molecule has 1 aromatic carbocycles. The van der Waals surface area contributed by atoms with Gasteiger partial charge in [0.25, 0.3) is 0 Å². The van der Waals surface area contributed by atoms with Crippen LogP contribution in [0, 0.1) is 11.6 Å². The molecular weight excluding hydrogens is 268 g/mol. The van der Waals surface area contributed by atoms with Crippen LogP contribution >= 0.6 is 0 Å². The zero-order valence-corrected chi connectivity index (χ0v) is 11.3. The minimum Gasteiger partial charge on any atom is -0.332 e. The van der Waals surface area contributed by atoms with Gasteiger partial charge >= 0.3 is 0 Å². The Morgan fingerprint density at radius 3 is 2.35 bits per heavy atom. The molecule has 1 atom stereocenters. The minimum atomic E-state index is -0.875. The SMILES string of the molecule is CCN(CC(=O)Nc1c(F)cccc1F)C(=O)[C@@H](C)N. The summed E-state index contributed by atoms with van der Waals surface area (Å²) in [5.74, 6) is -2.85. The van der Waals surface area contributed by atoms with Crippen LogP contribution in [0.2, 0.25) is 0 Å². The highest BCUT2D eigenvalue weighted by Gasteiger charge is 2.20. The van der Waals surface area contributed by atoms with Crippen LogP contribution in [0.1, 0.15) is 13.8 Å². The highest BCUT2D eigenvalue weighted by atomic mass is 19.1. The van der Waals surface area contributed by atoms with Gasteiger partial charge in [0.15, 0.2) is 0 Å². The van der Waals surface area contributed by atoms with E-state index >= 15 is 0 Å². The van der Waals surface area contributed by atoms with Crippen LogP contribution in [0.3, 0.4) is 0 Å². The molecule has 0 heterocycles. The number of hydrogen-bond donors (Lipinski definition) is 2. The normalized spacial score (nSPS) is 11.8. The average molecular weight is 285 g/mol. The second-order valence-corrected chi connectivity index (χ2v) is 4.29. The lowest BCUT2D eigenvalue weighted by Crippen LogP contribution is -2.45. The third-order valence-electron chi connectivity index (χ3n) is 2.64. The Balaban J connectivity index is 2.74. The summed E-state index contributed by atoms with van der Waals surface area (Å²) in [6, 6.07) is 2.51. The average Bonchev–Trinajstić information content (AvgIpc) is 2.39. The molecule has 7 heteroatoms. The molecular formula is C13H17F2N3O2. The van der Waals surface area contributed by atoms with Gasteiger partial charge in [0, 0.05) is 6.54 Å². The Bertz CT molecular complexity index is 486. The number of amides is 2. The number of anilines is 1. The van der Waals surface area contributed by atoms with Crippen molar-refractivity contribution in [2.24, 2.45) is 5.73 Å². The van der Waals surface area contributed by atoms with Crippen LogP contribution in [0.15, 0.2) is 18.2 Å². The molecule has 2 amide bonds. The van der Waals surface area contributed by atoms with E-state index in [0.29, 0.717) is 0 Å². The van der Waals surface area contributed by atoms with Gasteiger partial charge in [-0.1, -0.05) is 6.07 Å². The molecule has 110 valence electrons. The molecule has 5 nitrogen and oxygen atoms in total. The van der Waals surface area contributed by atoms with Crippen molar-refractivity contribution in [2.45, 2.75) is 19.9 Å². The predicted molar refractivity (Wildman–Crippen MR) is 70.9 cm³/mol. The maximum atomic E-state index is 13.4. The first-order chi connectivity index (χ1) is 9.36. The molecule has 20 heavy (non-hydrogen) atoms. The topological polar surface area (TPSA) is 75.4 Å². The van der Waals surface area contributed by atoms with E-state index in [2.05, 4.69) is 5.32 Å². The first-order valence-electron chi connectivity index (χ1n) is 6.15. The standard InChI is InChI=1S/C13H17F2N3O2/c1-3-18(13(20)8(2)16)7-11(19)17-12-9(14)5-4-6-10(12)15/h4-6,8H,3,7,16H2,1-2H3,(H,17,19)/t8-/m1/s1. The lowest BCUT2D eigenvalue weighted by molar-refractivity contribution is -0.135. The minimum absolute atomic E-state index is 0.271. The van der Waals surface area contributed by atoms with Crippen molar-refractivity contribution < 1.29 is 18.4 Å². The van der Waals surface area contributed by atoms with Gasteiger partial charge in [0.05, 0.1) is 12.6 Å². The van der Waals surface area contributed by atoms with E-state index in [9.17, 15) is 18.4 Å². The van der Waals surface area contributed by atoms with Crippen LogP contribution in [-0.2, 0) is 9.59 Å². The number of nitrogens with two attached hydrogens (primary N) is 1. The smallest absolute Gasteiger partial charge is 0.244 e. The number of rotatable bonds is 5. The van der Waals surface area contributed by atoms with E-state index in [-0.39, 0.29) is 13.1 Å². The van der Waals surface area contributed by atoms with Crippen molar-refractivity contribution in [3.63, 3.8) is 0 Å². The molecule has 0 unspecified atom stereocenters. The van der Waals surface area contributed by atoms with Crippen molar-refractivity contribution >= 4 is 17.5 Å². The maximum absolute atomic E-state index is 13.4. The number of nitrogens with zero attached hydrogens (tertiary/aromatic N) is 1. The first kappa shape index (κ1) is 16.0. The van der Waals surface area contributed by atoms with Crippen molar-refractivity contribution in [3.8, 4) is 0 Å². The summed E-state index contributed by atoms with van der Waals surface area (Å²) in [5, 5.41) is 2.11. The molecule has 0 spiro atoms. The summed E-state index contributed by atoms with van der Waals surface area (Å²) in [6.07, 6.45) is 0. The van der Waals surface area contributed by atoms with E-state index in [1.54, 1.807) is 6.92 Å². The summed E-state index contributed by atoms with van der Waals surface area (Å²) in [6.45, 7) is 3.13. The van der Waals surface area contributed by atoms with Gasteiger partial charge in [0.2, 0.25) is 11.8 Å². The summed E-state index contributed by atoms with van der Waals surface area (Å²) < 4.78 is 26.7. The first-order valence-corrected chi connectivity index (χ1v) is 6.15. The zero-order valence-electron chi connectivity index (χ0n) is 11.3. The van der Waals surface area contributed by atoms with Gasteiger partial charge < -0.3 is 16.0 Å². The maximum Gasteiger partial charge on any atom is 0.244 e. The number of nitrogens with one attached hydrogen (secondary N) is 1. The predicted octanol–water partition coefficient (Wildman–Crippen LogP) is 1.10. The summed E-state index contributed by atoms with van der Waals surface area (Å²) in [5.41, 5.74) is 4.92. The fourth-order valence-electron chi connectivity index (χ4n) is 1.60. The zero-order chi connectivity index (χ0) is 15.3. The fraction of sp³-hybridized carbons (Fsp3) is 0.385. The van der Waals surface area contributed by atoms with Gasteiger partial charge in [-0.3, -0.25) is 9.59 Å². The molecule has 0 aliphatic heterocycles. The van der Waals surface area contributed by atoms with Crippen LogP contribution in [-0.4, -0.2) is 35.8 Å². The fourth-order valence-corrected chi connectivity index (χ4v) is 1.60. The molecule has 0 aromatic heterocycles. The molecule has 0 aliphatic carbocycles. The number of likely N-dealkylation sites (N-methyl/N-ethyl adjacent to an activating group) is 1. The van der Waals surface area contributed by atoms with Crippen LogP contribution in [0.25, 0.3) is 0 Å². The van der Waals surface area contributed by atoms with Gasteiger partial charge in [0.1, 0.15) is 17.3 Å². The third kappa shape index (κ3) is 3.99. The summed E-state index contributed by atoms with van der Waals surface area (Å²) in [7, 11) is 0. The van der Waals surface area contributed by atoms with Crippen LogP contribution in [0.4, 0.5) is 14.5 Å². The van der Waals surface area contributed by atoms with E-state index in [1.807, 2.05) is 0 Å². The van der Waals surface area contributed by atoms with E-state index in [1.165, 1.54) is 17.9 Å². The molecule has 0 fully saturated rings. The molecule has 1 rings (SSSR count). The molecule has 0 saturated heterocycles. The van der Waals surface area contributed by atoms with Gasteiger partial charge in [-0.15, -0.1) is 0 Å². The van der Waals surface area contributed by atoms with Crippen molar-refractivity contribution in [2.75, 3.05) is 18.4 Å². The second-order valence-electron chi connectivity index (χ2n) is 4.29. The summed E-state index contributed by atoms with van der Waals surface area (Å²) >= 11 is 0. The molecule has 0 saturated carbocycles. The largest absolute Gasteiger partial charge is 0.332 e. The Labute approximate surface area is 115 Å². The quantitative estimate of drug-likeness (QED) is 0.850. The van der Waals surface area contributed by atoms with Crippen LogP contribution < -0.4 is 11.1 Å². The Morgan fingerprint density at radius 2 is 1.90 bits per heavy atom. The molecule has 3 N–H and O–H groups in total. The molecule has 0 bridgehead atoms. The highest BCUT2D eigenvalue weighted by Crippen LogP contribution is 2.17. The number of carbonyl (C=O) groups excluding carboxylic acids is 2. The Kier molecular flexibility index (Phi) is 5.57. The number of halogens is 2. The monoisotopic (exact) mass is 285 g/mol. The summed E-state index contributed by atoms with van der Waals surface area (Å²) in [4.78, 5) is 24.6. The van der Waals surface area contributed by atoms with Crippen molar-refractivity contribution in [1.82, 2.24) is 4.90 Å². The molecule has 0 aliphatic rings.